The third kappa shape index (κ3) is 3.71. The van der Waals surface area contributed by atoms with Crippen molar-refractivity contribution in [1.29, 1.82) is 0 Å². The summed E-state index contributed by atoms with van der Waals surface area (Å²) in [5.74, 6) is 4.69. The van der Waals surface area contributed by atoms with Crippen molar-refractivity contribution in [2.45, 2.75) is 130 Å². The minimum absolute atomic E-state index is 0.0316. The molecule has 6 aliphatic rings. The van der Waals surface area contributed by atoms with Crippen LogP contribution in [-0.2, 0) is 19.1 Å². The smallest absolute Gasteiger partial charge is 0.305 e. The summed E-state index contributed by atoms with van der Waals surface area (Å²) in [5.41, 5.74) is 0.323. The molecule has 0 radical (unpaired) electrons. The van der Waals surface area contributed by atoms with Crippen LogP contribution in [0.4, 0.5) is 0 Å². The third-order valence-corrected chi connectivity index (χ3v) is 13.2. The summed E-state index contributed by atoms with van der Waals surface area (Å²) in [6.45, 7) is 14.4. The summed E-state index contributed by atoms with van der Waals surface area (Å²) in [6.07, 6.45) is 12.8. The van der Waals surface area contributed by atoms with E-state index in [0.717, 1.165) is 50.0 Å². The van der Waals surface area contributed by atoms with Crippen molar-refractivity contribution in [2.75, 3.05) is 6.54 Å². The van der Waals surface area contributed by atoms with Gasteiger partial charge in [-0.25, -0.2) is 0 Å². The summed E-state index contributed by atoms with van der Waals surface area (Å²) in [4.78, 5) is 26.9. The number of likely N-dealkylation sites (tertiary alicyclic amines) is 1. The molecule has 0 aromatic carbocycles. The maximum Gasteiger partial charge on any atom is 0.305 e. The fraction of sp³-hybridized carbons (Fsp3) is 0.938. The number of piperidine rings is 1. The molecule has 4 saturated carbocycles. The molecular formula is C32H51NO4. The summed E-state index contributed by atoms with van der Waals surface area (Å²) >= 11 is 0. The normalized spacial score (nSPS) is 52.7. The van der Waals surface area contributed by atoms with Gasteiger partial charge in [-0.15, -0.1) is 0 Å². The Bertz CT molecular complexity index is 936. The quantitative estimate of drug-likeness (QED) is 0.391. The maximum atomic E-state index is 12.8. The Kier molecular flexibility index (Phi) is 6.33. The average Bonchev–Trinajstić information content (AvgIpc) is 3.31. The largest absolute Gasteiger partial charge is 0.462 e. The first-order valence-electron chi connectivity index (χ1n) is 15.7. The van der Waals surface area contributed by atoms with Crippen LogP contribution in [-0.4, -0.2) is 41.3 Å². The first kappa shape index (κ1) is 26.1. The van der Waals surface area contributed by atoms with Gasteiger partial charge in [-0.1, -0.05) is 34.6 Å². The lowest BCUT2D eigenvalue weighted by Gasteiger charge is -2.61. The Hall–Kier alpha value is -1.10. The predicted octanol–water partition coefficient (Wildman–Crippen LogP) is 6.59. The molecule has 0 N–H and O–H groups in total. The molecule has 5 heteroatoms. The van der Waals surface area contributed by atoms with Crippen LogP contribution in [0.15, 0.2) is 0 Å². The second kappa shape index (κ2) is 8.96. The minimum atomic E-state index is -0.379. The molecule has 6 rings (SSSR count). The molecular weight excluding hydrogens is 462 g/mol. The van der Waals surface area contributed by atoms with Gasteiger partial charge in [0.15, 0.2) is 0 Å². The second-order valence-electron chi connectivity index (χ2n) is 14.8. The standard InChI is InChI=1S/C32H51NO4/c1-7-28(35)36-23-11-13-30(5)22(16-23)8-9-24-25(30)12-14-31(6)26(24)17-27-29(31)20(3)32(37-27)15-10-19(2)18-33(32)21(4)34/h19-20,22-27,29H,7-18H2,1-6H3/t19?,20?,22-,23?,24?,25?,26?,27?,29?,30-,31-,32?/m0/s1. The number of hydrogen-bond acceptors (Lipinski definition) is 4. The Balaban J connectivity index is 1.21. The van der Waals surface area contributed by atoms with E-state index in [9.17, 15) is 9.59 Å². The summed E-state index contributed by atoms with van der Waals surface area (Å²) in [5, 5.41) is 0. The van der Waals surface area contributed by atoms with Crippen LogP contribution < -0.4 is 0 Å². The molecule has 2 aliphatic heterocycles. The molecule has 12 atom stereocenters. The van der Waals surface area contributed by atoms with Crippen molar-refractivity contribution >= 4 is 11.9 Å². The van der Waals surface area contributed by atoms with Gasteiger partial charge in [-0.05, 0) is 111 Å². The fourth-order valence-electron chi connectivity index (χ4n) is 11.4. The van der Waals surface area contributed by atoms with Gasteiger partial charge in [0.05, 0.1) is 6.10 Å². The van der Waals surface area contributed by atoms with Crippen molar-refractivity contribution in [3.63, 3.8) is 0 Å². The van der Waals surface area contributed by atoms with Crippen molar-refractivity contribution in [3.8, 4) is 0 Å². The van der Waals surface area contributed by atoms with Gasteiger partial charge in [0.1, 0.15) is 11.8 Å². The van der Waals surface area contributed by atoms with Crippen molar-refractivity contribution in [3.05, 3.63) is 0 Å². The van der Waals surface area contributed by atoms with Crippen LogP contribution in [0.5, 0.6) is 0 Å². The molecule has 1 spiro atoms. The number of amides is 1. The highest BCUT2D eigenvalue weighted by atomic mass is 16.5. The zero-order valence-corrected chi connectivity index (χ0v) is 24.3. The van der Waals surface area contributed by atoms with Crippen LogP contribution in [0.25, 0.3) is 0 Å². The topological polar surface area (TPSA) is 55.8 Å². The molecule has 6 fully saturated rings. The van der Waals surface area contributed by atoms with Gasteiger partial charge in [-0.3, -0.25) is 9.59 Å². The van der Waals surface area contributed by atoms with Crippen molar-refractivity contribution in [1.82, 2.24) is 4.90 Å². The maximum absolute atomic E-state index is 12.8. The molecule has 1 amide bonds. The second-order valence-corrected chi connectivity index (χ2v) is 14.8. The molecule has 0 bridgehead atoms. The predicted molar refractivity (Wildman–Crippen MR) is 143 cm³/mol. The Morgan fingerprint density at radius 1 is 0.946 bits per heavy atom. The molecule has 2 heterocycles. The highest BCUT2D eigenvalue weighted by Crippen LogP contribution is 2.71. The number of esters is 1. The number of ether oxygens (including phenoxy) is 2. The number of rotatable bonds is 2. The van der Waals surface area contributed by atoms with Crippen LogP contribution in [0.2, 0.25) is 0 Å². The van der Waals surface area contributed by atoms with Gasteiger partial charge in [0, 0.05) is 25.8 Å². The zero-order valence-electron chi connectivity index (χ0n) is 24.3. The van der Waals surface area contributed by atoms with E-state index in [1.54, 1.807) is 6.92 Å². The van der Waals surface area contributed by atoms with E-state index >= 15 is 0 Å². The first-order valence-corrected chi connectivity index (χ1v) is 15.7. The van der Waals surface area contributed by atoms with Gasteiger partial charge < -0.3 is 14.4 Å². The van der Waals surface area contributed by atoms with E-state index in [1.807, 2.05) is 6.92 Å². The van der Waals surface area contributed by atoms with Gasteiger partial charge in [-0.2, -0.15) is 0 Å². The van der Waals surface area contributed by atoms with Gasteiger partial charge in [0.25, 0.3) is 0 Å². The monoisotopic (exact) mass is 513 g/mol. The van der Waals surface area contributed by atoms with E-state index < -0.39 is 0 Å². The SMILES string of the molecule is CCC(=O)OC1CC[C@]2(C)C3CC[C@@]4(C)C(CC5OC6(CCC(C)CN6C(C)=O)C(C)C54)C3CC[C@H]2C1. The van der Waals surface area contributed by atoms with Crippen LogP contribution in [0.3, 0.4) is 0 Å². The Morgan fingerprint density at radius 2 is 1.70 bits per heavy atom. The highest BCUT2D eigenvalue weighted by Gasteiger charge is 2.70. The molecule has 5 nitrogen and oxygen atoms in total. The van der Waals surface area contributed by atoms with Gasteiger partial charge >= 0.3 is 5.97 Å². The lowest BCUT2D eigenvalue weighted by molar-refractivity contribution is -0.201. The van der Waals surface area contributed by atoms with Crippen LogP contribution in [0, 0.1) is 52.3 Å². The molecule has 9 unspecified atom stereocenters. The van der Waals surface area contributed by atoms with E-state index in [1.165, 1.54) is 38.5 Å². The molecule has 0 aromatic rings. The number of hydrogen-bond donors (Lipinski definition) is 0. The number of carbonyl (C=O) groups is 2. The van der Waals surface area contributed by atoms with Crippen molar-refractivity contribution < 1.29 is 19.1 Å². The van der Waals surface area contributed by atoms with E-state index in [2.05, 4.69) is 32.6 Å². The molecule has 0 aromatic heterocycles. The molecule has 4 aliphatic carbocycles. The van der Waals surface area contributed by atoms with Gasteiger partial charge in [0.2, 0.25) is 5.91 Å². The number of carbonyl (C=O) groups excluding carboxylic acids is 2. The summed E-state index contributed by atoms with van der Waals surface area (Å²) in [6, 6.07) is 0. The van der Waals surface area contributed by atoms with Crippen LogP contribution in [0.1, 0.15) is 112 Å². The lowest BCUT2D eigenvalue weighted by Crippen LogP contribution is -2.60. The molecule has 208 valence electrons. The number of nitrogens with zero attached hydrogens (tertiary/aromatic N) is 1. The Labute approximate surface area is 224 Å². The van der Waals surface area contributed by atoms with E-state index in [-0.39, 0.29) is 23.7 Å². The number of fused-ring (bicyclic) bond motifs is 7. The molecule has 2 saturated heterocycles. The Morgan fingerprint density at radius 3 is 2.43 bits per heavy atom. The first-order chi connectivity index (χ1) is 17.5. The molecule has 37 heavy (non-hydrogen) atoms. The van der Waals surface area contributed by atoms with E-state index in [4.69, 9.17) is 9.47 Å². The van der Waals surface area contributed by atoms with Crippen LogP contribution >= 0.6 is 0 Å². The van der Waals surface area contributed by atoms with E-state index in [0.29, 0.717) is 47.0 Å². The lowest BCUT2D eigenvalue weighted by atomic mass is 9.44. The highest BCUT2D eigenvalue weighted by molar-refractivity contribution is 5.74. The average molecular weight is 514 g/mol. The summed E-state index contributed by atoms with van der Waals surface area (Å²) < 4.78 is 13.0. The van der Waals surface area contributed by atoms with Crippen molar-refractivity contribution in [2.24, 2.45) is 52.3 Å². The third-order valence-electron chi connectivity index (χ3n) is 13.2. The fourth-order valence-corrected chi connectivity index (χ4v) is 11.4. The minimum Gasteiger partial charge on any atom is -0.462 e. The zero-order chi connectivity index (χ0) is 26.3. The summed E-state index contributed by atoms with van der Waals surface area (Å²) in [7, 11) is 0.